The van der Waals surface area contributed by atoms with E-state index in [1.807, 2.05) is 30.3 Å². The lowest BCUT2D eigenvalue weighted by Gasteiger charge is -2.29. The van der Waals surface area contributed by atoms with Crippen molar-refractivity contribution in [2.45, 2.75) is 18.9 Å². The lowest BCUT2D eigenvalue weighted by atomic mass is 9.96. The van der Waals surface area contributed by atoms with Crippen LogP contribution in [0, 0.1) is 0 Å². The quantitative estimate of drug-likeness (QED) is 0.835. The zero-order valence-corrected chi connectivity index (χ0v) is 14.4. The molecule has 0 bridgehead atoms. The molecule has 2 aromatic carbocycles. The largest absolute Gasteiger partial charge is 0.497 e. The van der Waals surface area contributed by atoms with Crippen molar-refractivity contribution in [2.75, 3.05) is 28.4 Å². The molecule has 1 heterocycles. The van der Waals surface area contributed by atoms with Gasteiger partial charge in [-0.2, -0.15) is 0 Å². The van der Waals surface area contributed by atoms with Gasteiger partial charge in [0.2, 0.25) is 0 Å². The van der Waals surface area contributed by atoms with Crippen molar-refractivity contribution in [3.63, 3.8) is 0 Å². The molecule has 0 aromatic heterocycles. The molecule has 1 aliphatic rings. The molecular formula is C19H22O5. The zero-order chi connectivity index (χ0) is 17.1. The number of methoxy groups -OCH3 is 4. The van der Waals surface area contributed by atoms with E-state index in [0.717, 1.165) is 47.0 Å². The van der Waals surface area contributed by atoms with Gasteiger partial charge in [0.15, 0.2) is 0 Å². The normalized spacial score (nSPS) is 15.9. The van der Waals surface area contributed by atoms with Crippen LogP contribution in [0.5, 0.6) is 28.7 Å². The fraction of sp³-hybridized carbons (Fsp3) is 0.368. The Kier molecular flexibility index (Phi) is 4.69. The first kappa shape index (κ1) is 16.3. The molecule has 0 saturated carbocycles. The van der Waals surface area contributed by atoms with Crippen LogP contribution in [-0.4, -0.2) is 28.4 Å². The van der Waals surface area contributed by atoms with E-state index in [2.05, 4.69) is 0 Å². The van der Waals surface area contributed by atoms with Crippen LogP contribution in [0.2, 0.25) is 0 Å². The summed E-state index contributed by atoms with van der Waals surface area (Å²) in [6, 6.07) is 9.57. The fourth-order valence-electron chi connectivity index (χ4n) is 3.04. The highest BCUT2D eigenvalue weighted by atomic mass is 16.5. The molecule has 5 nitrogen and oxygen atoms in total. The van der Waals surface area contributed by atoms with Crippen molar-refractivity contribution in [3.8, 4) is 28.7 Å². The average Bonchev–Trinajstić information content (AvgIpc) is 2.65. The third kappa shape index (κ3) is 2.94. The first-order valence-electron chi connectivity index (χ1n) is 7.83. The third-order valence-corrected chi connectivity index (χ3v) is 4.31. The van der Waals surface area contributed by atoms with Gasteiger partial charge in [-0.1, -0.05) is 0 Å². The lowest BCUT2D eigenvalue weighted by Crippen LogP contribution is -2.16. The molecule has 1 aliphatic heterocycles. The van der Waals surface area contributed by atoms with Crippen molar-refractivity contribution in [1.82, 2.24) is 0 Å². The fourth-order valence-corrected chi connectivity index (χ4v) is 3.04. The first-order chi connectivity index (χ1) is 11.7. The van der Waals surface area contributed by atoms with Gasteiger partial charge in [-0.3, -0.25) is 0 Å². The maximum atomic E-state index is 6.24. The van der Waals surface area contributed by atoms with Gasteiger partial charge in [-0.25, -0.2) is 0 Å². The minimum absolute atomic E-state index is 0.0878. The maximum absolute atomic E-state index is 6.24. The minimum Gasteiger partial charge on any atom is -0.497 e. The summed E-state index contributed by atoms with van der Waals surface area (Å²) in [5.41, 5.74) is 2.08. The predicted octanol–water partition coefficient (Wildman–Crippen LogP) is 3.79. The van der Waals surface area contributed by atoms with E-state index in [4.69, 9.17) is 23.7 Å². The molecule has 2 aromatic rings. The van der Waals surface area contributed by atoms with Crippen molar-refractivity contribution >= 4 is 0 Å². The Morgan fingerprint density at radius 3 is 2.21 bits per heavy atom. The van der Waals surface area contributed by atoms with Gasteiger partial charge in [0.05, 0.1) is 28.4 Å². The lowest BCUT2D eigenvalue weighted by molar-refractivity contribution is 0.169. The number of ether oxygens (including phenoxy) is 5. The summed E-state index contributed by atoms with van der Waals surface area (Å²) in [6.45, 7) is 0. The topological polar surface area (TPSA) is 46.2 Å². The van der Waals surface area contributed by atoms with Crippen molar-refractivity contribution < 1.29 is 23.7 Å². The molecule has 128 valence electrons. The Labute approximate surface area is 142 Å². The summed E-state index contributed by atoms with van der Waals surface area (Å²) in [5, 5.41) is 0. The molecule has 0 aliphatic carbocycles. The van der Waals surface area contributed by atoms with Crippen LogP contribution < -0.4 is 23.7 Å². The molecule has 0 radical (unpaired) electrons. The minimum atomic E-state index is -0.0878. The van der Waals surface area contributed by atoms with Crippen molar-refractivity contribution in [1.29, 1.82) is 0 Å². The molecule has 0 unspecified atom stereocenters. The Morgan fingerprint density at radius 2 is 1.54 bits per heavy atom. The van der Waals surface area contributed by atoms with E-state index in [1.165, 1.54) is 0 Å². The van der Waals surface area contributed by atoms with Gasteiger partial charge in [0, 0.05) is 29.3 Å². The smallest absolute Gasteiger partial charge is 0.130 e. The highest BCUT2D eigenvalue weighted by Gasteiger charge is 2.27. The van der Waals surface area contributed by atoms with E-state index in [-0.39, 0.29) is 6.10 Å². The second-order valence-corrected chi connectivity index (χ2v) is 5.56. The summed E-state index contributed by atoms with van der Waals surface area (Å²) in [6.07, 6.45) is 1.62. The highest BCUT2D eigenvalue weighted by Crippen LogP contribution is 2.44. The molecule has 1 atom stereocenters. The third-order valence-electron chi connectivity index (χ3n) is 4.31. The highest BCUT2D eigenvalue weighted by molar-refractivity contribution is 5.52. The predicted molar refractivity (Wildman–Crippen MR) is 90.8 cm³/mol. The van der Waals surface area contributed by atoms with Crippen LogP contribution in [0.15, 0.2) is 30.3 Å². The van der Waals surface area contributed by atoms with Gasteiger partial charge in [0.1, 0.15) is 34.9 Å². The Morgan fingerprint density at radius 1 is 0.833 bits per heavy atom. The molecule has 0 saturated heterocycles. The summed E-state index contributed by atoms with van der Waals surface area (Å²) < 4.78 is 27.8. The van der Waals surface area contributed by atoms with Crippen LogP contribution in [-0.2, 0) is 6.42 Å². The second kappa shape index (κ2) is 6.91. The number of rotatable bonds is 5. The Balaban J connectivity index is 1.95. The number of hydrogen-bond acceptors (Lipinski definition) is 5. The Bertz CT molecular complexity index is 726. The maximum Gasteiger partial charge on any atom is 0.130 e. The van der Waals surface area contributed by atoms with Crippen LogP contribution in [0.3, 0.4) is 0 Å². The molecule has 0 amide bonds. The molecule has 5 heteroatoms. The number of benzene rings is 2. The van der Waals surface area contributed by atoms with Crippen LogP contribution >= 0.6 is 0 Å². The zero-order valence-electron chi connectivity index (χ0n) is 14.4. The summed E-state index contributed by atoms with van der Waals surface area (Å²) in [4.78, 5) is 0. The van der Waals surface area contributed by atoms with E-state index in [9.17, 15) is 0 Å². The molecule has 24 heavy (non-hydrogen) atoms. The van der Waals surface area contributed by atoms with Gasteiger partial charge in [-0.15, -0.1) is 0 Å². The standard InChI is InChI=1S/C19H22O5/c1-20-12-5-6-14(17(9-12)22-3)16-8-7-15-18(23-4)10-13(21-2)11-19(15)24-16/h5-6,9-11,16H,7-8H2,1-4H3/t16-/m0/s1. The summed E-state index contributed by atoms with van der Waals surface area (Å²) >= 11 is 0. The number of fused-ring (bicyclic) bond motifs is 1. The molecule has 3 rings (SSSR count). The van der Waals surface area contributed by atoms with E-state index in [1.54, 1.807) is 28.4 Å². The van der Waals surface area contributed by atoms with Gasteiger partial charge >= 0.3 is 0 Å². The molecule has 0 N–H and O–H groups in total. The first-order valence-corrected chi connectivity index (χ1v) is 7.83. The van der Waals surface area contributed by atoms with Crippen LogP contribution in [0.25, 0.3) is 0 Å². The molecule has 0 fully saturated rings. The molecular weight excluding hydrogens is 308 g/mol. The van der Waals surface area contributed by atoms with E-state index >= 15 is 0 Å². The van der Waals surface area contributed by atoms with Crippen LogP contribution in [0.4, 0.5) is 0 Å². The molecule has 0 spiro atoms. The van der Waals surface area contributed by atoms with E-state index < -0.39 is 0 Å². The summed E-state index contributed by atoms with van der Waals surface area (Å²) in [7, 11) is 6.59. The van der Waals surface area contributed by atoms with Crippen molar-refractivity contribution in [3.05, 3.63) is 41.5 Å². The monoisotopic (exact) mass is 330 g/mol. The van der Waals surface area contributed by atoms with Gasteiger partial charge in [-0.05, 0) is 25.0 Å². The second-order valence-electron chi connectivity index (χ2n) is 5.56. The van der Waals surface area contributed by atoms with Gasteiger partial charge in [0.25, 0.3) is 0 Å². The van der Waals surface area contributed by atoms with Gasteiger partial charge < -0.3 is 23.7 Å². The SMILES string of the molecule is COc1ccc([C@@H]2CCc3c(OC)cc(OC)cc3O2)c(OC)c1. The summed E-state index contributed by atoms with van der Waals surface area (Å²) in [5.74, 6) is 3.82. The van der Waals surface area contributed by atoms with Crippen molar-refractivity contribution in [2.24, 2.45) is 0 Å². The Hall–Kier alpha value is -2.56. The van der Waals surface area contributed by atoms with E-state index in [0.29, 0.717) is 5.75 Å². The average molecular weight is 330 g/mol. The number of hydrogen-bond donors (Lipinski definition) is 0. The van der Waals surface area contributed by atoms with Crippen LogP contribution in [0.1, 0.15) is 23.7 Å².